The molecule has 2 aromatic rings. The Kier molecular flexibility index (Phi) is 2.85. The molecule has 0 unspecified atom stereocenters. The van der Waals surface area contributed by atoms with Crippen LogP contribution in [-0.2, 0) is 6.42 Å². The van der Waals surface area contributed by atoms with Crippen molar-refractivity contribution in [2.45, 2.75) is 26.2 Å². The molecule has 17 heavy (non-hydrogen) atoms. The van der Waals surface area contributed by atoms with Gasteiger partial charge in [-0.05, 0) is 44.4 Å². The van der Waals surface area contributed by atoms with Crippen molar-refractivity contribution in [3.63, 3.8) is 0 Å². The van der Waals surface area contributed by atoms with Gasteiger partial charge in [0.05, 0.1) is 0 Å². The van der Waals surface area contributed by atoms with Gasteiger partial charge in [0.2, 0.25) is 0 Å². The first-order valence-electron chi connectivity index (χ1n) is 6.13. The summed E-state index contributed by atoms with van der Waals surface area (Å²) >= 11 is 1.86. The Morgan fingerprint density at radius 1 is 1.24 bits per heavy atom. The van der Waals surface area contributed by atoms with E-state index in [-0.39, 0.29) is 0 Å². The van der Waals surface area contributed by atoms with E-state index in [1.807, 2.05) is 17.5 Å². The summed E-state index contributed by atoms with van der Waals surface area (Å²) in [5.41, 5.74) is 2.76. The van der Waals surface area contributed by atoms with Crippen molar-refractivity contribution in [2.24, 2.45) is 0 Å². The first-order valence-corrected chi connectivity index (χ1v) is 6.95. The molecule has 0 aromatic carbocycles. The summed E-state index contributed by atoms with van der Waals surface area (Å²) in [4.78, 5) is 7.20. The highest BCUT2D eigenvalue weighted by atomic mass is 32.1. The number of anilines is 1. The second kappa shape index (κ2) is 4.49. The lowest BCUT2D eigenvalue weighted by Crippen LogP contribution is -2.02. The van der Waals surface area contributed by atoms with Gasteiger partial charge in [-0.1, -0.05) is 0 Å². The average molecular weight is 244 g/mol. The Balaban J connectivity index is 2.11. The molecule has 1 aliphatic heterocycles. The van der Waals surface area contributed by atoms with E-state index >= 15 is 0 Å². The van der Waals surface area contributed by atoms with Gasteiger partial charge in [0.15, 0.2) is 0 Å². The van der Waals surface area contributed by atoms with Crippen molar-refractivity contribution in [3.05, 3.63) is 34.8 Å². The van der Waals surface area contributed by atoms with E-state index in [1.54, 1.807) is 0 Å². The zero-order chi connectivity index (χ0) is 11.7. The summed E-state index contributed by atoms with van der Waals surface area (Å²) in [6.07, 6.45) is 5.55. The number of aromatic nitrogens is 1. The molecule has 1 aliphatic rings. The number of pyridine rings is 1. The van der Waals surface area contributed by atoms with Crippen molar-refractivity contribution in [3.8, 4) is 10.4 Å². The van der Waals surface area contributed by atoms with Gasteiger partial charge in [-0.25, -0.2) is 4.98 Å². The fraction of sp³-hybridized carbons (Fsp3) is 0.357. The highest BCUT2D eigenvalue weighted by Crippen LogP contribution is 2.34. The Labute approximate surface area is 106 Å². The molecule has 0 saturated heterocycles. The summed E-state index contributed by atoms with van der Waals surface area (Å²) in [5, 5.41) is 3.44. The van der Waals surface area contributed by atoms with Crippen LogP contribution < -0.4 is 5.32 Å². The summed E-state index contributed by atoms with van der Waals surface area (Å²) in [5.74, 6) is 1.09. The van der Waals surface area contributed by atoms with Crippen LogP contribution in [0.15, 0.2) is 24.4 Å². The predicted octanol–water partition coefficient (Wildman–Crippen LogP) is 3.87. The number of nitrogens with one attached hydrogen (secondary N) is 1. The number of hydrogen-bond acceptors (Lipinski definition) is 3. The molecule has 88 valence electrons. The second-order valence-corrected chi connectivity index (χ2v) is 5.77. The van der Waals surface area contributed by atoms with Crippen molar-refractivity contribution in [1.29, 1.82) is 0 Å². The number of aryl methyl sites for hydroxylation is 1. The summed E-state index contributed by atoms with van der Waals surface area (Å²) in [6.45, 7) is 3.21. The molecule has 1 N–H and O–H groups in total. The van der Waals surface area contributed by atoms with E-state index < -0.39 is 0 Å². The van der Waals surface area contributed by atoms with Crippen molar-refractivity contribution in [1.82, 2.24) is 4.98 Å². The molecule has 0 aliphatic carbocycles. The van der Waals surface area contributed by atoms with Crippen molar-refractivity contribution < 1.29 is 0 Å². The minimum atomic E-state index is 1.05. The molecule has 0 fully saturated rings. The SMILES string of the molecule is Cc1ccc(-c2ccnc3c2CCCCN3)s1. The van der Waals surface area contributed by atoms with Crippen molar-refractivity contribution >= 4 is 17.2 Å². The third kappa shape index (κ3) is 2.07. The predicted molar refractivity (Wildman–Crippen MR) is 73.7 cm³/mol. The molecule has 0 saturated carbocycles. The molecular weight excluding hydrogens is 228 g/mol. The maximum atomic E-state index is 4.47. The fourth-order valence-corrected chi connectivity index (χ4v) is 3.26. The second-order valence-electron chi connectivity index (χ2n) is 4.48. The van der Waals surface area contributed by atoms with E-state index in [2.05, 4.69) is 35.4 Å². The molecule has 3 rings (SSSR count). The number of fused-ring (bicyclic) bond motifs is 1. The van der Waals surface area contributed by atoms with E-state index in [0.717, 1.165) is 18.8 Å². The average Bonchev–Trinajstić information content (AvgIpc) is 2.63. The van der Waals surface area contributed by atoms with E-state index in [9.17, 15) is 0 Å². The van der Waals surface area contributed by atoms with Gasteiger partial charge in [-0.3, -0.25) is 0 Å². The van der Waals surface area contributed by atoms with Gasteiger partial charge in [-0.15, -0.1) is 11.3 Å². The molecule has 0 atom stereocenters. The first-order chi connectivity index (χ1) is 8.34. The molecule has 3 heterocycles. The molecule has 0 bridgehead atoms. The fourth-order valence-electron chi connectivity index (χ4n) is 2.34. The molecule has 2 nitrogen and oxygen atoms in total. The zero-order valence-corrected chi connectivity index (χ0v) is 10.8. The van der Waals surface area contributed by atoms with E-state index in [4.69, 9.17) is 0 Å². The monoisotopic (exact) mass is 244 g/mol. The molecular formula is C14H16N2S. The summed E-state index contributed by atoms with van der Waals surface area (Å²) in [7, 11) is 0. The van der Waals surface area contributed by atoms with Crippen LogP contribution in [0.5, 0.6) is 0 Å². The third-order valence-corrected chi connectivity index (χ3v) is 4.24. The standard InChI is InChI=1S/C14H16N2S/c1-10-5-6-13(17-10)11-7-9-16-14-12(11)4-2-3-8-15-14/h5-7,9H,2-4,8H2,1H3,(H,15,16). The first kappa shape index (κ1) is 10.8. The van der Waals surface area contributed by atoms with Crippen LogP contribution in [-0.4, -0.2) is 11.5 Å². The lowest BCUT2D eigenvalue weighted by atomic mass is 10.0. The number of nitrogens with zero attached hydrogens (tertiary/aromatic N) is 1. The maximum absolute atomic E-state index is 4.47. The van der Waals surface area contributed by atoms with Crippen molar-refractivity contribution in [2.75, 3.05) is 11.9 Å². The lowest BCUT2D eigenvalue weighted by molar-refractivity contribution is 0.786. The van der Waals surface area contributed by atoms with Gasteiger partial charge in [-0.2, -0.15) is 0 Å². The quantitative estimate of drug-likeness (QED) is 0.823. The largest absolute Gasteiger partial charge is 0.370 e. The molecule has 3 heteroatoms. The van der Waals surface area contributed by atoms with Crippen LogP contribution >= 0.6 is 11.3 Å². The van der Waals surface area contributed by atoms with Gasteiger partial charge in [0.1, 0.15) is 5.82 Å². The lowest BCUT2D eigenvalue weighted by Gasteiger charge is -2.10. The van der Waals surface area contributed by atoms with Crippen LogP contribution in [0.1, 0.15) is 23.3 Å². The Morgan fingerprint density at radius 3 is 3.00 bits per heavy atom. The summed E-state index contributed by atoms with van der Waals surface area (Å²) in [6, 6.07) is 6.56. The third-order valence-electron chi connectivity index (χ3n) is 3.21. The normalized spacial score (nSPS) is 14.9. The van der Waals surface area contributed by atoms with Crippen LogP contribution in [0.25, 0.3) is 10.4 Å². The van der Waals surface area contributed by atoms with Gasteiger partial charge >= 0.3 is 0 Å². The molecule has 0 radical (unpaired) electrons. The Morgan fingerprint density at radius 2 is 2.18 bits per heavy atom. The van der Waals surface area contributed by atoms with Crippen LogP contribution in [0, 0.1) is 6.92 Å². The highest BCUT2D eigenvalue weighted by molar-refractivity contribution is 7.15. The minimum Gasteiger partial charge on any atom is -0.370 e. The number of thiophene rings is 1. The highest BCUT2D eigenvalue weighted by Gasteiger charge is 2.14. The maximum Gasteiger partial charge on any atom is 0.129 e. The van der Waals surface area contributed by atoms with Gasteiger partial charge in [0.25, 0.3) is 0 Å². The number of hydrogen-bond donors (Lipinski definition) is 1. The van der Waals surface area contributed by atoms with Gasteiger partial charge < -0.3 is 5.32 Å². The topological polar surface area (TPSA) is 24.9 Å². The molecule has 2 aromatic heterocycles. The van der Waals surface area contributed by atoms with Crippen LogP contribution in [0.3, 0.4) is 0 Å². The molecule has 0 amide bonds. The van der Waals surface area contributed by atoms with Gasteiger partial charge in [0, 0.05) is 33.6 Å². The smallest absolute Gasteiger partial charge is 0.129 e. The Hall–Kier alpha value is -1.35. The van der Waals surface area contributed by atoms with E-state index in [1.165, 1.54) is 33.7 Å². The zero-order valence-electron chi connectivity index (χ0n) is 9.99. The van der Waals surface area contributed by atoms with E-state index in [0.29, 0.717) is 0 Å². The molecule has 0 spiro atoms. The summed E-state index contributed by atoms with van der Waals surface area (Å²) < 4.78 is 0. The van der Waals surface area contributed by atoms with Crippen LogP contribution in [0.4, 0.5) is 5.82 Å². The van der Waals surface area contributed by atoms with Crippen LogP contribution in [0.2, 0.25) is 0 Å². The minimum absolute atomic E-state index is 1.05. The number of rotatable bonds is 1. The Bertz CT molecular complexity index is 531.